The minimum absolute atomic E-state index is 0.178. The van der Waals surface area contributed by atoms with Crippen LogP contribution >= 0.6 is 0 Å². The van der Waals surface area contributed by atoms with Crippen molar-refractivity contribution in [2.75, 3.05) is 6.54 Å². The van der Waals surface area contributed by atoms with E-state index in [0.29, 0.717) is 6.54 Å². The van der Waals surface area contributed by atoms with Gasteiger partial charge in [-0.1, -0.05) is 0 Å². The summed E-state index contributed by atoms with van der Waals surface area (Å²) in [6, 6.07) is 0. The first-order valence-corrected chi connectivity index (χ1v) is 2.24. The highest BCUT2D eigenvalue weighted by Gasteiger charge is 2.04. The van der Waals surface area contributed by atoms with Crippen LogP contribution in [0, 0.1) is 0 Å². The van der Waals surface area contributed by atoms with Crippen molar-refractivity contribution < 1.29 is 4.79 Å². The van der Waals surface area contributed by atoms with Crippen molar-refractivity contribution in [2.45, 2.75) is 6.92 Å². The van der Waals surface area contributed by atoms with Crippen LogP contribution in [0.25, 0.3) is 0 Å². The average molecular weight is 97.1 g/mol. The molecule has 1 aliphatic heterocycles. The first kappa shape index (κ1) is 4.37. The molecule has 1 N–H and O–H groups in total. The standard InChI is InChI=1S/C5H7NO/c1-4-2-5(7)3-6-4/h2,6H,3H2,1H3. The van der Waals surface area contributed by atoms with Gasteiger partial charge in [0.1, 0.15) is 0 Å². The van der Waals surface area contributed by atoms with Gasteiger partial charge in [-0.15, -0.1) is 0 Å². The Bertz CT molecular complexity index is 126. The molecule has 0 fully saturated rings. The highest BCUT2D eigenvalue weighted by atomic mass is 16.1. The van der Waals surface area contributed by atoms with Gasteiger partial charge in [0.05, 0.1) is 6.54 Å². The summed E-state index contributed by atoms with van der Waals surface area (Å²) in [5, 5.41) is 2.88. The molecule has 0 bridgehead atoms. The van der Waals surface area contributed by atoms with Crippen LogP contribution in [-0.2, 0) is 4.79 Å². The van der Waals surface area contributed by atoms with E-state index in [9.17, 15) is 4.79 Å². The molecule has 0 aliphatic carbocycles. The van der Waals surface area contributed by atoms with Gasteiger partial charge in [0, 0.05) is 11.8 Å². The van der Waals surface area contributed by atoms with Crippen molar-refractivity contribution in [3.63, 3.8) is 0 Å². The summed E-state index contributed by atoms with van der Waals surface area (Å²) in [6.07, 6.45) is 1.61. The van der Waals surface area contributed by atoms with Crippen LogP contribution in [0.3, 0.4) is 0 Å². The smallest absolute Gasteiger partial charge is 0.176 e. The summed E-state index contributed by atoms with van der Waals surface area (Å²) in [4.78, 5) is 10.3. The molecule has 38 valence electrons. The van der Waals surface area contributed by atoms with Gasteiger partial charge in [0.2, 0.25) is 0 Å². The number of carbonyl (C=O) groups excluding carboxylic acids is 1. The van der Waals surface area contributed by atoms with E-state index in [4.69, 9.17) is 0 Å². The zero-order chi connectivity index (χ0) is 5.28. The van der Waals surface area contributed by atoms with Gasteiger partial charge in [-0.3, -0.25) is 4.79 Å². The topological polar surface area (TPSA) is 29.1 Å². The number of carbonyl (C=O) groups is 1. The summed E-state index contributed by atoms with van der Waals surface area (Å²) >= 11 is 0. The number of ketones is 1. The maximum atomic E-state index is 10.3. The van der Waals surface area contributed by atoms with Crippen molar-refractivity contribution in [3.05, 3.63) is 11.8 Å². The van der Waals surface area contributed by atoms with Gasteiger partial charge >= 0.3 is 0 Å². The fourth-order valence-electron chi connectivity index (χ4n) is 0.570. The molecule has 2 heteroatoms. The lowest BCUT2D eigenvalue weighted by molar-refractivity contribution is -0.113. The van der Waals surface area contributed by atoms with Crippen molar-refractivity contribution in [1.29, 1.82) is 0 Å². The molecule has 0 spiro atoms. The Hall–Kier alpha value is -0.790. The number of hydrogen-bond donors (Lipinski definition) is 1. The van der Waals surface area contributed by atoms with E-state index in [-0.39, 0.29) is 5.78 Å². The Balaban J connectivity index is 2.67. The van der Waals surface area contributed by atoms with Gasteiger partial charge in [0.15, 0.2) is 5.78 Å². The number of allylic oxidation sites excluding steroid dienone is 1. The van der Waals surface area contributed by atoms with Crippen LogP contribution < -0.4 is 5.32 Å². The quantitative estimate of drug-likeness (QED) is 0.463. The first-order valence-electron chi connectivity index (χ1n) is 2.24. The highest BCUT2D eigenvalue weighted by Crippen LogP contribution is 1.93. The van der Waals surface area contributed by atoms with Crippen molar-refractivity contribution >= 4 is 5.78 Å². The van der Waals surface area contributed by atoms with E-state index in [1.54, 1.807) is 6.08 Å². The summed E-state index contributed by atoms with van der Waals surface area (Å²) in [6.45, 7) is 2.37. The van der Waals surface area contributed by atoms with Crippen LogP contribution in [0.15, 0.2) is 11.8 Å². The Morgan fingerprint density at radius 3 is 2.71 bits per heavy atom. The lowest BCUT2D eigenvalue weighted by atomic mass is 10.4. The van der Waals surface area contributed by atoms with E-state index < -0.39 is 0 Å². The number of hydrogen-bond acceptors (Lipinski definition) is 2. The van der Waals surface area contributed by atoms with Crippen LogP contribution in [0.4, 0.5) is 0 Å². The molecule has 7 heavy (non-hydrogen) atoms. The molecule has 0 atom stereocenters. The molecule has 0 aromatic heterocycles. The van der Waals surface area contributed by atoms with Crippen molar-refractivity contribution in [3.8, 4) is 0 Å². The lowest BCUT2D eigenvalue weighted by Crippen LogP contribution is -2.09. The first-order chi connectivity index (χ1) is 3.29. The molecule has 0 aromatic rings. The van der Waals surface area contributed by atoms with E-state index in [1.165, 1.54) is 0 Å². The summed E-state index contributed by atoms with van der Waals surface area (Å²) in [5.41, 5.74) is 0.977. The lowest BCUT2D eigenvalue weighted by Gasteiger charge is -1.87. The van der Waals surface area contributed by atoms with Gasteiger partial charge < -0.3 is 5.32 Å². The maximum absolute atomic E-state index is 10.3. The fourth-order valence-corrected chi connectivity index (χ4v) is 0.570. The minimum atomic E-state index is 0.178. The van der Waals surface area contributed by atoms with Crippen LogP contribution in [0.2, 0.25) is 0 Å². The predicted molar refractivity (Wildman–Crippen MR) is 26.8 cm³/mol. The van der Waals surface area contributed by atoms with Crippen LogP contribution in [0.1, 0.15) is 6.92 Å². The Morgan fingerprint density at radius 1 is 1.86 bits per heavy atom. The van der Waals surface area contributed by atoms with Crippen molar-refractivity contribution in [1.82, 2.24) is 5.32 Å². The minimum Gasteiger partial charge on any atom is -0.381 e. The predicted octanol–water partition coefficient (Wildman–Crippen LogP) is 0.0625. The third-order valence-corrected chi connectivity index (χ3v) is 0.919. The SMILES string of the molecule is CC1=CC(=O)CN1. The second-order valence-corrected chi connectivity index (χ2v) is 1.65. The Morgan fingerprint density at radius 2 is 2.57 bits per heavy atom. The van der Waals surface area contributed by atoms with Gasteiger partial charge in [0.25, 0.3) is 0 Å². The third kappa shape index (κ3) is 0.796. The Labute approximate surface area is 42.2 Å². The fraction of sp³-hybridized carbons (Fsp3) is 0.400. The molecule has 1 aliphatic rings. The monoisotopic (exact) mass is 97.1 g/mol. The molecule has 0 amide bonds. The largest absolute Gasteiger partial charge is 0.381 e. The average Bonchev–Trinajstić information content (AvgIpc) is 1.87. The molecule has 0 aromatic carbocycles. The summed E-state index contributed by atoms with van der Waals surface area (Å²) in [7, 11) is 0. The molecule has 0 radical (unpaired) electrons. The molecule has 0 saturated carbocycles. The van der Waals surface area contributed by atoms with Crippen LogP contribution in [0.5, 0.6) is 0 Å². The van der Waals surface area contributed by atoms with E-state index in [0.717, 1.165) is 5.70 Å². The third-order valence-electron chi connectivity index (χ3n) is 0.919. The molecule has 1 heterocycles. The summed E-state index contributed by atoms with van der Waals surface area (Å²) < 4.78 is 0. The van der Waals surface area contributed by atoms with E-state index in [2.05, 4.69) is 5.32 Å². The van der Waals surface area contributed by atoms with E-state index >= 15 is 0 Å². The van der Waals surface area contributed by atoms with Gasteiger partial charge in [-0.2, -0.15) is 0 Å². The van der Waals surface area contributed by atoms with Gasteiger partial charge in [-0.05, 0) is 6.92 Å². The second-order valence-electron chi connectivity index (χ2n) is 1.65. The molecule has 2 nitrogen and oxygen atoms in total. The summed E-state index contributed by atoms with van der Waals surface area (Å²) in [5.74, 6) is 0.178. The maximum Gasteiger partial charge on any atom is 0.176 e. The molecule has 0 saturated heterocycles. The number of rotatable bonds is 0. The van der Waals surface area contributed by atoms with E-state index in [1.807, 2.05) is 6.92 Å². The zero-order valence-corrected chi connectivity index (χ0v) is 4.19. The molecular weight excluding hydrogens is 90.1 g/mol. The normalized spacial score (nSPS) is 19.0. The second kappa shape index (κ2) is 1.37. The van der Waals surface area contributed by atoms with Crippen molar-refractivity contribution in [2.24, 2.45) is 0 Å². The molecular formula is C5H7NO. The molecule has 1 rings (SSSR count). The van der Waals surface area contributed by atoms with Gasteiger partial charge in [-0.25, -0.2) is 0 Å². The molecule has 0 unspecified atom stereocenters. The zero-order valence-electron chi connectivity index (χ0n) is 4.19. The highest BCUT2D eigenvalue weighted by molar-refractivity contribution is 5.94. The number of nitrogens with one attached hydrogen (secondary N) is 1. The van der Waals surface area contributed by atoms with Crippen LogP contribution in [-0.4, -0.2) is 12.3 Å². The Kier molecular flexibility index (Phi) is 0.855.